The average Bonchev–Trinajstić information content (AvgIpc) is 3.16. The third-order valence-corrected chi connectivity index (χ3v) is 6.12. The number of nitrogens with zero attached hydrogens (tertiary/aromatic N) is 5. The summed E-state index contributed by atoms with van der Waals surface area (Å²) in [6, 6.07) is 9.97. The number of benzene rings is 1. The average molecular weight is 382 g/mol. The zero-order chi connectivity index (χ0) is 18.8. The summed E-state index contributed by atoms with van der Waals surface area (Å²) in [5, 5.41) is 9.54. The molecule has 3 heterocycles. The van der Waals surface area contributed by atoms with Crippen LogP contribution in [-0.4, -0.2) is 37.6 Å². The van der Waals surface area contributed by atoms with Gasteiger partial charge in [-0.15, -0.1) is 21.5 Å². The van der Waals surface area contributed by atoms with Crippen LogP contribution in [0.25, 0.3) is 10.6 Å². The standard InChI is InChI=1S/C20H23N5OS/c1-14-18(27-19(21-14)15-9-5-3-6-10-15)20(26)24(2)13-17-23-22-16-11-7-4-8-12-25(16)17/h3,5-6,9-10H,4,7-8,11-13H2,1-2H3. The molecule has 27 heavy (non-hydrogen) atoms. The first-order chi connectivity index (χ1) is 13.1. The molecule has 0 unspecified atom stereocenters. The molecule has 0 N–H and O–H groups in total. The fourth-order valence-electron chi connectivity index (χ4n) is 3.42. The van der Waals surface area contributed by atoms with Gasteiger partial charge in [-0.1, -0.05) is 36.8 Å². The normalized spacial score (nSPS) is 13.9. The fraction of sp³-hybridized carbons (Fsp3) is 0.400. The molecule has 7 heteroatoms. The Bertz CT molecular complexity index is 947. The van der Waals surface area contributed by atoms with Crippen LogP contribution in [0.15, 0.2) is 30.3 Å². The predicted molar refractivity (Wildman–Crippen MR) is 106 cm³/mol. The molecule has 1 aliphatic rings. The van der Waals surface area contributed by atoms with Crippen LogP contribution in [0, 0.1) is 6.92 Å². The lowest BCUT2D eigenvalue weighted by molar-refractivity contribution is 0.0783. The van der Waals surface area contributed by atoms with Crippen LogP contribution in [0.4, 0.5) is 0 Å². The lowest BCUT2D eigenvalue weighted by Gasteiger charge is -2.17. The van der Waals surface area contributed by atoms with Gasteiger partial charge in [-0.3, -0.25) is 4.79 Å². The largest absolute Gasteiger partial charge is 0.333 e. The number of amides is 1. The van der Waals surface area contributed by atoms with E-state index in [1.165, 1.54) is 17.8 Å². The van der Waals surface area contributed by atoms with Gasteiger partial charge in [0.15, 0.2) is 5.82 Å². The second-order valence-electron chi connectivity index (χ2n) is 6.96. The molecular weight excluding hydrogens is 358 g/mol. The van der Waals surface area contributed by atoms with Crippen molar-refractivity contribution in [1.29, 1.82) is 0 Å². The molecule has 140 valence electrons. The maximum atomic E-state index is 13.0. The van der Waals surface area contributed by atoms with Crippen LogP contribution in [0.1, 0.15) is 46.3 Å². The molecule has 0 bridgehead atoms. The van der Waals surface area contributed by atoms with E-state index in [2.05, 4.69) is 19.7 Å². The molecule has 0 fully saturated rings. The monoisotopic (exact) mass is 381 g/mol. The van der Waals surface area contributed by atoms with E-state index in [0.717, 1.165) is 53.7 Å². The van der Waals surface area contributed by atoms with Crippen molar-refractivity contribution in [2.45, 2.75) is 45.7 Å². The van der Waals surface area contributed by atoms with Crippen molar-refractivity contribution in [2.24, 2.45) is 0 Å². The van der Waals surface area contributed by atoms with Crippen LogP contribution < -0.4 is 0 Å². The van der Waals surface area contributed by atoms with E-state index in [0.29, 0.717) is 11.4 Å². The SMILES string of the molecule is Cc1nc(-c2ccccc2)sc1C(=O)N(C)Cc1nnc2n1CCCCC2. The highest BCUT2D eigenvalue weighted by molar-refractivity contribution is 7.17. The molecule has 3 aromatic rings. The molecule has 4 rings (SSSR count). The topological polar surface area (TPSA) is 63.9 Å². The summed E-state index contributed by atoms with van der Waals surface area (Å²) >= 11 is 1.45. The highest BCUT2D eigenvalue weighted by Crippen LogP contribution is 2.28. The lowest BCUT2D eigenvalue weighted by atomic mass is 10.2. The summed E-state index contributed by atoms with van der Waals surface area (Å²) in [4.78, 5) is 20.0. The number of rotatable bonds is 4. The summed E-state index contributed by atoms with van der Waals surface area (Å²) in [7, 11) is 1.82. The molecule has 2 aromatic heterocycles. The Morgan fingerprint density at radius 3 is 2.81 bits per heavy atom. The minimum Gasteiger partial charge on any atom is -0.333 e. The van der Waals surface area contributed by atoms with Crippen LogP contribution in [-0.2, 0) is 19.5 Å². The molecule has 1 aliphatic heterocycles. The quantitative estimate of drug-likeness (QED) is 0.691. The number of hydrogen-bond acceptors (Lipinski definition) is 5. The molecule has 0 spiro atoms. The highest BCUT2D eigenvalue weighted by Gasteiger charge is 2.22. The first-order valence-corrected chi connectivity index (χ1v) is 10.1. The summed E-state index contributed by atoms with van der Waals surface area (Å²) < 4.78 is 2.19. The van der Waals surface area contributed by atoms with Crippen LogP contribution in [0.5, 0.6) is 0 Å². The molecule has 6 nitrogen and oxygen atoms in total. The van der Waals surface area contributed by atoms with Crippen molar-refractivity contribution in [3.05, 3.63) is 52.6 Å². The smallest absolute Gasteiger partial charge is 0.266 e. The number of aryl methyl sites for hydroxylation is 2. The Morgan fingerprint density at radius 2 is 2.00 bits per heavy atom. The van der Waals surface area contributed by atoms with Gasteiger partial charge in [-0.25, -0.2) is 4.98 Å². The van der Waals surface area contributed by atoms with Crippen LogP contribution in [0.3, 0.4) is 0 Å². The van der Waals surface area contributed by atoms with Crippen molar-refractivity contribution in [3.63, 3.8) is 0 Å². The number of aromatic nitrogens is 4. The van der Waals surface area contributed by atoms with Crippen molar-refractivity contribution in [2.75, 3.05) is 7.05 Å². The van der Waals surface area contributed by atoms with Gasteiger partial charge < -0.3 is 9.47 Å². The molecule has 1 amide bonds. The molecule has 0 radical (unpaired) electrons. The lowest BCUT2D eigenvalue weighted by Crippen LogP contribution is -2.27. The van der Waals surface area contributed by atoms with Gasteiger partial charge in [0, 0.05) is 25.6 Å². The Labute approximate surface area is 162 Å². The Balaban J connectivity index is 1.53. The van der Waals surface area contributed by atoms with E-state index in [1.54, 1.807) is 4.90 Å². The number of hydrogen-bond donors (Lipinski definition) is 0. The number of carbonyl (C=O) groups is 1. The van der Waals surface area contributed by atoms with Gasteiger partial charge in [0.1, 0.15) is 15.7 Å². The van der Waals surface area contributed by atoms with E-state index in [9.17, 15) is 4.79 Å². The van der Waals surface area contributed by atoms with Crippen LogP contribution in [0.2, 0.25) is 0 Å². The molecule has 0 saturated heterocycles. The van der Waals surface area contributed by atoms with E-state index in [-0.39, 0.29) is 5.91 Å². The molecule has 0 saturated carbocycles. The second-order valence-corrected chi connectivity index (χ2v) is 7.95. The first-order valence-electron chi connectivity index (χ1n) is 9.33. The fourth-order valence-corrected chi connectivity index (χ4v) is 4.48. The molecule has 0 aliphatic carbocycles. The summed E-state index contributed by atoms with van der Waals surface area (Å²) in [5.74, 6) is 1.90. The van der Waals surface area contributed by atoms with Crippen molar-refractivity contribution in [3.8, 4) is 10.6 Å². The van der Waals surface area contributed by atoms with E-state index in [1.807, 2.05) is 44.3 Å². The summed E-state index contributed by atoms with van der Waals surface area (Å²) in [6.07, 6.45) is 4.50. The Hall–Kier alpha value is -2.54. The van der Waals surface area contributed by atoms with Gasteiger partial charge in [-0.05, 0) is 19.8 Å². The van der Waals surface area contributed by atoms with Gasteiger partial charge >= 0.3 is 0 Å². The van der Waals surface area contributed by atoms with Crippen molar-refractivity contribution < 1.29 is 4.79 Å². The van der Waals surface area contributed by atoms with Gasteiger partial charge in [-0.2, -0.15) is 0 Å². The van der Waals surface area contributed by atoms with Crippen LogP contribution >= 0.6 is 11.3 Å². The highest BCUT2D eigenvalue weighted by atomic mass is 32.1. The van der Waals surface area contributed by atoms with Crippen molar-refractivity contribution in [1.82, 2.24) is 24.6 Å². The maximum absolute atomic E-state index is 13.0. The summed E-state index contributed by atoms with van der Waals surface area (Å²) in [6.45, 7) is 3.30. The first kappa shape index (κ1) is 17.9. The molecular formula is C20H23N5OS. The van der Waals surface area contributed by atoms with Crippen molar-refractivity contribution >= 4 is 17.2 Å². The summed E-state index contributed by atoms with van der Waals surface area (Å²) in [5.41, 5.74) is 1.81. The van der Waals surface area contributed by atoms with E-state index in [4.69, 9.17) is 0 Å². The van der Waals surface area contributed by atoms with E-state index < -0.39 is 0 Å². The van der Waals surface area contributed by atoms with Gasteiger partial charge in [0.25, 0.3) is 5.91 Å². The van der Waals surface area contributed by atoms with Gasteiger partial charge in [0.2, 0.25) is 0 Å². The number of thiazole rings is 1. The minimum atomic E-state index is -0.0156. The third-order valence-electron chi connectivity index (χ3n) is 4.92. The zero-order valence-electron chi connectivity index (χ0n) is 15.7. The Morgan fingerprint density at radius 1 is 1.19 bits per heavy atom. The Kier molecular flexibility index (Phi) is 5.03. The van der Waals surface area contributed by atoms with Gasteiger partial charge in [0.05, 0.1) is 12.2 Å². The zero-order valence-corrected chi connectivity index (χ0v) is 16.5. The van der Waals surface area contributed by atoms with E-state index >= 15 is 0 Å². The third kappa shape index (κ3) is 3.64. The molecule has 1 aromatic carbocycles. The maximum Gasteiger partial charge on any atom is 0.266 e. The number of carbonyl (C=O) groups excluding carboxylic acids is 1. The molecule has 0 atom stereocenters. The number of fused-ring (bicyclic) bond motifs is 1. The predicted octanol–water partition coefficient (Wildman–Crippen LogP) is 3.71. The second kappa shape index (κ2) is 7.60. The minimum absolute atomic E-state index is 0.0156.